The minimum Gasteiger partial charge on any atom is -0.352 e. The van der Waals surface area contributed by atoms with Gasteiger partial charge in [-0.15, -0.1) is 10.2 Å². The summed E-state index contributed by atoms with van der Waals surface area (Å²) in [6.07, 6.45) is 0.0907. The molecule has 1 aromatic heterocycles. The van der Waals surface area contributed by atoms with E-state index in [1.807, 2.05) is 13.8 Å². The predicted molar refractivity (Wildman–Crippen MR) is 97.7 cm³/mol. The Labute approximate surface area is 159 Å². The number of rotatable bonds is 5. The van der Waals surface area contributed by atoms with E-state index in [0.717, 1.165) is 5.01 Å². The summed E-state index contributed by atoms with van der Waals surface area (Å²) in [5, 5.41) is 12.4. The second kappa shape index (κ2) is 7.67. The molecule has 1 aliphatic heterocycles. The molecule has 3 rings (SSSR count). The minimum absolute atomic E-state index is 0.0225. The summed E-state index contributed by atoms with van der Waals surface area (Å²) in [4.78, 5) is 26.1. The van der Waals surface area contributed by atoms with Crippen molar-refractivity contribution in [3.63, 3.8) is 0 Å². The molecule has 9 heteroatoms. The number of aromatic nitrogens is 2. The molecule has 1 N–H and O–H groups in total. The van der Waals surface area contributed by atoms with Crippen molar-refractivity contribution in [2.75, 3.05) is 11.4 Å². The first-order valence-corrected chi connectivity index (χ1v) is 9.40. The number of hydrogen-bond donors (Lipinski definition) is 1. The number of anilines is 1. The summed E-state index contributed by atoms with van der Waals surface area (Å²) in [6, 6.07) is 4.36. The van der Waals surface area contributed by atoms with Crippen LogP contribution in [0, 0.1) is 11.7 Å². The van der Waals surface area contributed by atoms with Gasteiger partial charge in [-0.05, 0) is 12.1 Å². The third-order valence-electron chi connectivity index (χ3n) is 4.15. The van der Waals surface area contributed by atoms with Crippen LogP contribution >= 0.6 is 22.9 Å². The Bertz CT molecular complexity index is 822. The van der Waals surface area contributed by atoms with Crippen molar-refractivity contribution in [1.29, 1.82) is 0 Å². The van der Waals surface area contributed by atoms with Crippen LogP contribution in [0.15, 0.2) is 18.2 Å². The van der Waals surface area contributed by atoms with E-state index in [-0.39, 0.29) is 47.8 Å². The zero-order chi connectivity index (χ0) is 18.8. The number of nitrogens with zero attached hydrogens (tertiary/aromatic N) is 3. The summed E-state index contributed by atoms with van der Waals surface area (Å²) in [5.74, 6) is -1.24. The van der Waals surface area contributed by atoms with Crippen LogP contribution < -0.4 is 10.2 Å². The maximum absolute atomic E-state index is 13.8. The van der Waals surface area contributed by atoms with Gasteiger partial charge in [-0.1, -0.05) is 42.9 Å². The molecule has 2 amide bonds. The molecule has 1 aromatic carbocycles. The van der Waals surface area contributed by atoms with Crippen molar-refractivity contribution in [1.82, 2.24) is 15.5 Å². The number of carbonyl (C=O) groups is 2. The summed E-state index contributed by atoms with van der Waals surface area (Å²) >= 11 is 7.31. The Kier molecular flexibility index (Phi) is 5.52. The van der Waals surface area contributed by atoms with Gasteiger partial charge in [0.25, 0.3) is 0 Å². The molecule has 1 fully saturated rings. The van der Waals surface area contributed by atoms with Crippen molar-refractivity contribution in [3.05, 3.63) is 39.6 Å². The molecule has 6 nitrogen and oxygen atoms in total. The van der Waals surface area contributed by atoms with E-state index in [4.69, 9.17) is 11.6 Å². The normalized spacial score (nSPS) is 17.2. The lowest BCUT2D eigenvalue weighted by atomic mass is 10.1. The summed E-state index contributed by atoms with van der Waals surface area (Å²) in [6.45, 7) is 4.22. The molecule has 26 heavy (non-hydrogen) atoms. The number of benzene rings is 1. The van der Waals surface area contributed by atoms with Gasteiger partial charge < -0.3 is 5.32 Å². The smallest absolute Gasteiger partial charge is 0.229 e. The largest absolute Gasteiger partial charge is 0.352 e. The van der Waals surface area contributed by atoms with E-state index in [1.54, 1.807) is 6.07 Å². The van der Waals surface area contributed by atoms with Gasteiger partial charge in [0, 0.05) is 36.0 Å². The molecule has 1 aliphatic rings. The van der Waals surface area contributed by atoms with E-state index in [2.05, 4.69) is 15.5 Å². The SMILES string of the molecule is CC(C)c1nnc(N2CC(C(=O)NCc3c(F)cccc3Cl)CC2=O)s1. The summed E-state index contributed by atoms with van der Waals surface area (Å²) < 4.78 is 13.8. The molecule has 0 radical (unpaired) electrons. The van der Waals surface area contributed by atoms with Crippen LogP contribution in [0.2, 0.25) is 5.02 Å². The highest BCUT2D eigenvalue weighted by atomic mass is 35.5. The predicted octanol–water partition coefficient (Wildman–Crippen LogP) is 3.12. The van der Waals surface area contributed by atoms with Crippen LogP contribution in [0.4, 0.5) is 9.52 Å². The second-order valence-corrected chi connectivity index (χ2v) is 7.80. The Morgan fingerprint density at radius 2 is 2.23 bits per heavy atom. The van der Waals surface area contributed by atoms with Gasteiger partial charge in [-0.25, -0.2) is 4.39 Å². The highest BCUT2D eigenvalue weighted by Gasteiger charge is 2.36. The fourth-order valence-electron chi connectivity index (χ4n) is 2.66. The van der Waals surface area contributed by atoms with Gasteiger partial charge in [0.05, 0.1) is 5.92 Å². The first-order chi connectivity index (χ1) is 12.4. The van der Waals surface area contributed by atoms with Gasteiger partial charge in [0.1, 0.15) is 10.8 Å². The van der Waals surface area contributed by atoms with E-state index in [1.165, 1.54) is 28.4 Å². The molecule has 2 heterocycles. The van der Waals surface area contributed by atoms with Crippen molar-refractivity contribution < 1.29 is 14.0 Å². The quantitative estimate of drug-likeness (QED) is 0.842. The van der Waals surface area contributed by atoms with Gasteiger partial charge in [-0.2, -0.15) is 0 Å². The molecule has 0 bridgehead atoms. The van der Waals surface area contributed by atoms with Crippen LogP contribution in [-0.4, -0.2) is 28.6 Å². The number of carbonyl (C=O) groups excluding carboxylic acids is 2. The maximum atomic E-state index is 13.8. The Hall–Kier alpha value is -2.06. The molecule has 0 saturated carbocycles. The maximum Gasteiger partial charge on any atom is 0.229 e. The summed E-state index contributed by atoms with van der Waals surface area (Å²) in [7, 11) is 0. The standard InChI is InChI=1S/C17H18ClFN4O2S/c1-9(2)16-21-22-17(26-16)23-8-10(6-14(23)24)15(25)20-7-11-12(18)4-3-5-13(11)19/h3-5,9-10H,6-8H2,1-2H3,(H,20,25). The Balaban J connectivity index is 1.63. The van der Waals surface area contributed by atoms with Gasteiger partial charge in [0.15, 0.2) is 0 Å². The Morgan fingerprint density at radius 1 is 1.46 bits per heavy atom. The van der Waals surface area contributed by atoms with E-state index in [9.17, 15) is 14.0 Å². The molecular formula is C17H18ClFN4O2S. The molecule has 1 saturated heterocycles. The van der Waals surface area contributed by atoms with E-state index in [0.29, 0.717) is 5.13 Å². The van der Waals surface area contributed by atoms with Crippen molar-refractivity contribution in [2.45, 2.75) is 32.7 Å². The lowest BCUT2D eigenvalue weighted by Crippen LogP contribution is -2.32. The van der Waals surface area contributed by atoms with Crippen LogP contribution in [0.3, 0.4) is 0 Å². The van der Waals surface area contributed by atoms with Gasteiger partial charge in [-0.3, -0.25) is 14.5 Å². The molecular weight excluding hydrogens is 379 g/mol. The highest BCUT2D eigenvalue weighted by molar-refractivity contribution is 7.15. The topological polar surface area (TPSA) is 75.2 Å². The average Bonchev–Trinajstić information content (AvgIpc) is 3.20. The number of halogens is 2. The second-order valence-electron chi connectivity index (χ2n) is 6.40. The molecule has 1 unspecified atom stereocenters. The zero-order valence-electron chi connectivity index (χ0n) is 14.3. The van der Waals surface area contributed by atoms with E-state index < -0.39 is 11.7 Å². The van der Waals surface area contributed by atoms with Crippen LogP contribution in [0.1, 0.15) is 36.8 Å². The molecule has 0 aliphatic carbocycles. The minimum atomic E-state index is -0.514. The van der Waals surface area contributed by atoms with Crippen molar-refractivity contribution in [3.8, 4) is 0 Å². The van der Waals surface area contributed by atoms with Gasteiger partial charge in [0.2, 0.25) is 16.9 Å². The third-order valence-corrected chi connectivity index (χ3v) is 5.75. The fourth-order valence-corrected chi connectivity index (χ4v) is 3.76. The average molecular weight is 397 g/mol. The van der Waals surface area contributed by atoms with Crippen molar-refractivity contribution in [2.24, 2.45) is 5.92 Å². The molecule has 1 atom stereocenters. The Morgan fingerprint density at radius 3 is 2.88 bits per heavy atom. The van der Waals surface area contributed by atoms with Gasteiger partial charge >= 0.3 is 0 Å². The molecule has 0 spiro atoms. The van der Waals surface area contributed by atoms with Crippen LogP contribution in [-0.2, 0) is 16.1 Å². The molecule has 138 valence electrons. The third kappa shape index (κ3) is 3.86. The lowest BCUT2D eigenvalue weighted by Gasteiger charge is -2.13. The van der Waals surface area contributed by atoms with Crippen LogP contribution in [0.25, 0.3) is 0 Å². The zero-order valence-corrected chi connectivity index (χ0v) is 15.9. The fraction of sp³-hybridized carbons (Fsp3) is 0.412. The lowest BCUT2D eigenvalue weighted by molar-refractivity contribution is -0.126. The van der Waals surface area contributed by atoms with Crippen molar-refractivity contribution >= 4 is 39.9 Å². The van der Waals surface area contributed by atoms with Crippen LogP contribution in [0.5, 0.6) is 0 Å². The first kappa shape index (κ1) is 18.7. The van der Waals surface area contributed by atoms with E-state index >= 15 is 0 Å². The highest BCUT2D eigenvalue weighted by Crippen LogP contribution is 2.30. The first-order valence-electron chi connectivity index (χ1n) is 8.21. The number of nitrogens with one attached hydrogen (secondary N) is 1. The summed E-state index contributed by atoms with van der Waals surface area (Å²) in [5.41, 5.74) is 0.231. The monoisotopic (exact) mass is 396 g/mol. The molecule has 2 aromatic rings. The number of hydrogen-bond acceptors (Lipinski definition) is 5. The number of amides is 2.